The summed E-state index contributed by atoms with van der Waals surface area (Å²) in [6.07, 6.45) is 2.09. The van der Waals surface area contributed by atoms with Gasteiger partial charge in [-0.25, -0.2) is 9.18 Å². The molecule has 2 rings (SSSR count). The third-order valence-electron chi connectivity index (χ3n) is 2.69. The van der Waals surface area contributed by atoms with Gasteiger partial charge in [-0.1, -0.05) is 12.1 Å². The molecule has 1 aromatic carbocycles. The van der Waals surface area contributed by atoms with Crippen LogP contribution in [-0.2, 0) is 14.4 Å². The van der Waals surface area contributed by atoms with E-state index < -0.39 is 23.6 Å². The normalized spacial score (nSPS) is 15.6. The first kappa shape index (κ1) is 13.7. The van der Waals surface area contributed by atoms with Crippen LogP contribution in [0.25, 0.3) is 6.08 Å². The molecule has 0 aromatic heterocycles. The SMILES string of the molecule is O=C(O)/C=C/c1cccc(F)c1N1CC(=O)NC(=O)C1. The number of amides is 2. The molecule has 1 aromatic rings. The van der Waals surface area contributed by atoms with Crippen LogP contribution in [0.1, 0.15) is 5.56 Å². The van der Waals surface area contributed by atoms with Crippen molar-refractivity contribution in [3.05, 3.63) is 35.7 Å². The van der Waals surface area contributed by atoms with Gasteiger partial charge in [-0.15, -0.1) is 0 Å². The van der Waals surface area contributed by atoms with Crippen LogP contribution in [0, 0.1) is 5.82 Å². The summed E-state index contributed by atoms with van der Waals surface area (Å²) in [5.74, 6) is -2.86. The van der Waals surface area contributed by atoms with Crippen LogP contribution in [0.3, 0.4) is 0 Å². The Bertz CT molecular complexity index is 596. The van der Waals surface area contributed by atoms with Crippen molar-refractivity contribution < 1.29 is 23.9 Å². The molecule has 0 aliphatic carbocycles. The Morgan fingerprint density at radius 1 is 1.30 bits per heavy atom. The van der Waals surface area contributed by atoms with Crippen LogP contribution in [0.2, 0.25) is 0 Å². The van der Waals surface area contributed by atoms with Crippen molar-refractivity contribution in [3.63, 3.8) is 0 Å². The summed E-state index contributed by atoms with van der Waals surface area (Å²) in [5.41, 5.74) is 0.322. The quantitative estimate of drug-likeness (QED) is 0.617. The minimum Gasteiger partial charge on any atom is -0.478 e. The molecule has 0 saturated carbocycles. The predicted octanol–water partition coefficient (Wildman–Crippen LogP) is 0.386. The third kappa shape index (κ3) is 3.00. The molecule has 104 valence electrons. The first-order valence-corrected chi connectivity index (χ1v) is 5.74. The molecule has 1 saturated heterocycles. The summed E-state index contributed by atoms with van der Waals surface area (Å²) < 4.78 is 13.9. The Morgan fingerprint density at radius 3 is 2.55 bits per heavy atom. The van der Waals surface area contributed by atoms with Gasteiger partial charge in [0.15, 0.2) is 0 Å². The molecule has 2 N–H and O–H groups in total. The summed E-state index contributed by atoms with van der Waals surface area (Å²) in [5, 5.41) is 10.7. The molecule has 0 atom stereocenters. The maximum absolute atomic E-state index is 13.9. The van der Waals surface area contributed by atoms with Gasteiger partial charge < -0.3 is 10.0 Å². The lowest BCUT2D eigenvalue weighted by Crippen LogP contribution is -2.52. The lowest BCUT2D eigenvalue weighted by atomic mass is 10.1. The Hall–Kier alpha value is -2.70. The number of piperazine rings is 1. The lowest BCUT2D eigenvalue weighted by molar-refractivity contribution is -0.132. The van der Waals surface area contributed by atoms with E-state index in [1.807, 2.05) is 0 Å². The van der Waals surface area contributed by atoms with E-state index in [9.17, 15) is 18.8 Å². The predicted molar refractivity (Wildman–Crippen MR) is 68.4 cm³/mol. The minimum atomic E-state index is -1.17. The first-order chi connectivity index (χ1) is 9.47. The van der Waals surface area contributed by atoms with E-state index in [1.54, 1.807) is 0 Å². The number of carboxylic acid groups (broad SMARTS) is 1. The zero-order chi connectivity index (χ0) is 14.7. The fourth-order valence-electron chi connectivity index (χ4n) is 1.96. The van der Waals surface area contributed by atoms with E-state index in [0.717, 1.165) is 6.08 Å². The van der Waals surface area contributed by atoms with Gasteiger partial charge in [0.25, 0.3) is 0 Å². The monoisotopic (exact) mass is 278 g/mol. The number of aliphatic carboxylic acids is 1. The van der Waals surface area contributed by atoms with Gasteiger partial charge in [-0.2, -0.15) is 0 Å². The van der Waals surface area contributed by atoms with Crippen molar-refractivity contribution >= 4 is 29.5 Å². The average molecular weight is 278 g/mol. The average Bonchev–Trinajstić information content (AvgIpc) is 2.35. The largest absolute Gasteiger partial charge is 0.478 e. The van der Waals surface area contributed by atoms with Crippen molar-refractivity contribution in [2.75, 3.05) is 18.0 Å². The van der Waals surface area contributed by atoms with Crippen LogP contribution >= 0.6 is 0 Å². The summed E-state index contributed by atoms with van der Waals surface area (Å²) in [6.45, 7) is -0.332. The number of halogens is 1. The van der Waals surface area contributed by atoms with E-state index in [2.05, 4.69) is 5.32 Å². The number of imide groups is 1. The number of benzene rings is 1. The number of para-hydroxylation sites is 1. The minimum absolute atomic E-state index is 0.0354. The smallest absolute Gasteiger partial charge is 0.328 e. The number of hydrogen-bond donors (Lipinski definition) is 2. The van der Waals surface area contributed by atoms with Crippen molar-refractivity contribution in [2.45, 2.75) is 0 Å². The number of carbonyl (C=O) groups is 3. The molecular weight excluding hydrogens is 267 g/mol. The molecule has 0 spiro atoms. The van der Waals surface area contributed by atoms with Gasteiger partial charge in [-0.05, 0) is 12.1 Å². The first-order valence-electron chi connectivity index (χ1n) is 5.74. The molecule has 0 bridgehead atoms. The Kier molecular flexibility index (Phi) is 3.79. The van der Waals surface area contributed by atoms with Crippen molar-refractivity contribution in [3.8, 4) is 0 Å². The van der Waals surface area contributed by atoms with Gasteiger partial charge in [0.1, 0.15) is 5.82 Å². The van der Waals surface area contributed by atoms with Gasteiger partial charge in [0.2, 0.25) is 11.8 Å². The summed E-state index contributed by atoms with van der Waals surface area (Å²) in [4.78, 5) is 34.5. The second kappa shape index (κ2) is 5.52. The van der Waals surface area contributed by atoms with Crippen LogP contribution in [0.15, 0.2) is 24.3 Å². The molecule has 1 fully saturated rings. The van der Waals surface area contributed by atoms with E-state index in [0.29, 0.717) is 0 Å². The molecule has 0 radical (unpaired) electrons. The Morgan fingerprint density at radius 2 is 1.95 bits per heavy atom. The molecule has 1 heterocycles. The molecule has 2 amide bonds. The maximum Gasteiger partial charge on any atom is 0.328 e. The van der Waals surface area contributed by atoms with Crippen LogP contribution in [0.5, 0.6) is 0 Å². The van der Waals surface area contributed by atoms with Gasteiger partial charge >= 0.3 is 5.97 Å². The molecule has 20 heavy (non-hydrogen) atoms. The summed E-state index contributed by atoms with van der Waals surface area (Å²) in [6, 6.07) is 4.12. The molecule has 1 aliphatic rings. The second-order valence-electron chi connectivity index (χ2n) is 4.18. The topological polar surface area (TPSA) is 86.7 Å². The number of rotatable bonds is 3. The number of hydrogen-bond acceptors (Lipinski definition) is 4. The number of carbonyl (C=O) groups excluding carboxylic acids is 2. The number of carboxylic acids is 1. The standard InChI is InChI=1S/C13H11FN2O4/c14-9-3-1-2-8(4-5-12(19)20)13(9)16-6-10(17)15-11(18)7-16/h1-5H,6-7H2,(H,19,20)(H,15,17,18)/b5-4+. The Labute approximate surface area is 113 Å². The van der Waals surface area contributed by atoms with Gasteiger partial charge in [0, 0.05) is 11.6 Å². The number of nitrogens with one attached hydrogen (secondary N) is 1. The summed E-state index contributed by atoms with van der Waals surface area (Å²) in [7, 11) is 0. The highest BCUT2D eigenvalue weighted by molar-refractivity contribution is 6.03. The van der Waals surface area contributed by atoms with Crippen LogP contribution in [0.4, 0.5) is 10.1 Å². The van der Waals surface area contributed by atoms with Crippen molar-refractivity contribution in [2.24, 2.45) is 0 Å². The van der Waals surface area contributed by atoms with E-state index in [-0.39, 0.29) is 24.3 Å². The summed E-state index contributed by atoms with van der Waals surface area (Å²) >= 11 is 0. The zero-order valence-electron chi connectivity index (χ0n) is 10.3. The molecule has 1 aliphatic heterocycles. The number of nitrogens with zero attached hydrogens (tertiary/aromatic N) is 1. The van der Waals surface area contributed by atoms with E-state index in [1.165, 1.54) is 29.2 Å². The molecular formula is C13H11FN2O4. The third-order valence-corrected chi connectivity index (χ3v) is 2.69. The fraction of sp³-hybridized carbons (Fsp3) is 0.154. The Balaban J connectivity index is 2.41. The molecule has 6 nitrogen and oxygen atoms in total. The van der Waals surface area contributed by atoms with E-state index in [4.69, 9.17) is 5.11 Å². The van der Waals surface area contributed by atoms with Crippen molar-refractivity contribution in [1.82, 2.24) is 5.32 Å². The second-order valence-corrected chi connectivity index (χ2v) is 4.18. The highest BCUT2D eigenvalue weighted by Crippen LogP contribution is 2.26. The molecule has 0 unspecified atom stereocenters. The maximum atomic E-state index is 13.9. The zero-order valence-corrected chi connectivity index (χ0v) is 10.3. The highest BCUT2D eigenvalue weighted by Gasteiger charge is 2.25. The van der Waals surface area contributed by atoms with E-state index >= 15 is 0 Å². The van der Waals surface area contributed by atoms with Crippen LogP contribution in [-0.4, -0.2) is 36.0 Å². The van der Waals surface area contributed by atoms with Gasteiger partial charge in [-0.3, -0.25) is 14.9 Å². The highest BCUT2D eigenvalue weighted by atomic mass is 19.1. The lowest BCUT2D eigenvalue weighted by Gasteiger charge is -2.29. The fourth-order valence-corrected chi connectivity index (χ4v) is 1.96. The van der Waals surface area contributed by atoms with Gasteiger partial charge in [0.05, 0.1) is 18.8 Å². The van der Waals surface area contributed by atoms with Crippen LogP contribution < -0.4 is 10.2 Å². The van der Waals surface area contributed by atoms with Crippen molar-refractivity contribution in [1.29, 1.82) is 0 Å². The number of anilines is 1. The molecule has 7 heteroatoms.